The van der Waals surface area contributed by atoms with Crippen molar-refractivity contribution in [3.05, 3.63) is 29.3 Å². The molecule has 0 heterocycles. The number of hydrogen-bond acceptors (Lipinski definition) is 2. The molecule has 0 aliphatic rings. The molecule has 0 saturated carbocycles. The Morgan fingerprint density at radius 2 is 2.00 bits per heavy atom. The number of benzene rings is 1. The van der Waals surface area contributed by atoms with Gasteiger partial charge >= 0.3 is 0 Å². The van der Waals surface area contributed by atoms with Crippen LogP contribution in [0.4, 0.5) is 0 Å². The Kier molecular flexibility index (Phi) is 3.75. The average Bonchev–Trinajstić information content (AvgIpc) is 2.17. The Balaban J connectivity index is 3.01. The van der Waals surface area contributed by atoms with Crippen LogP contribution in [-0.4, -0.2) is 13.7 Å². The summed E-state index contributed by atoms with van der Waals surface area (Å²) in [6, 6.07) is 6.35. The highest BCUT2D eigenvalue weighted by molar-refractivity contribution is 5.38. The molecule has 2 heteroatoms. The fourth-order valence-corrected chi connectivity index (χ4v) is 1.80. The molecule has 0 radical (unpaired) electrons. The standard InChI is InChI=1S/C13H21NO/c1-10-9-11(5-6-12(10)15-4)13(2,3)7-8-14/h5-6,9H,7-8,14H2,1-4H3. The van der Waals surface area contributed by atoms with Crippen molar-refractivity contribution in [1.29, 1.82) is 0 Å². The van der Waals surface area contributed by atoms with Gasteiger partial charge in [-0.2, -0.15) is 0 Å². The van der Waals surface area contributed by atoms with E-state index in [9.17, 15) is 0 Å². The first-order valence-electron chi connectivity index (χ1n) is 5.36. The van der Waals surface area contributed by atoms with Crippen molar-refractivity contribution in [1.82, 2.24) is 0 Å². The Morgan fingerprint density at radius 1 is 1.33 bits per heavy atom. The van der Waals surface area contributed by atoms with E-state index in [1.54, 1.807) is 7.11 Å². The molecule has 2 N–H and O–H groups in total. The van der Waals surface area contributed by atoms with Crippen LogP contribution in [0, 0.1) is 6.92 Å². The van der Waals surface area contributed by atoms with Crippen LogP contribution in [0.25, 0.3) is 0 Å². The molecule has 0 spiro atoms. The van der Waals surface area contributed by atoms with Gasteiger partial charge in [-0.25, -0.2) is 0 Å². The molecule has 0 aliphatic heterocycles. The second kappa shape index (κ2) is 4.67. The molecule has 2 nitrogen and oxygen atoms in total. The van der Waals surface area contributed by atoms with Crippen molar-refractivity contribution in [2.24, 2.45) is 5.73 Å². The first kappa shape index (κ1) is 12.1. The van der Waals surface area contributed by atoms with Crippen molar-refractivity contribution in [3.63, 3.8) is 0 Å². The third-order valence-electron chi connectivity index (χ3n) is 2.95. The zero-order valence-electron chi connectivity index (χ0n) is 10.1. The van der Waals surface area contributed by atoms with Gasteiger partial charge in [-0.05, 0) is 42.5 Å². The van der Waals surface area contributed by atoms with Crippen molar-refractivity contribution >= 4 is 0 Å². The molecule has 0 amide bonds. The predicted octanol–water partition coefficient (Wildman–Crippen LogP) is 2.63. The molecular weight excluding hydrogens is 186 g/mol. The van der Waals surface area contributed by atoms with E-state index in [0.717, 1.165) is 18.7 Å². The SMILES string of the molecule is COc1ccc(C(C)(C)CCN)cc1C. The quantitative estimate of drug-likeness (QED) is 0.823. The number of methoxy groups -OCH3 is 1. The lowest BCUT2D eigenvalue weighted by molar-refractivity contribution is 0.410. The maximum atomic E-state index is 5.62. The molecule has 0 fully saturated rings. The first-order chi connectivity index (χ1) is 7.01. The van der Waals surface area contributed by atoms with Crippen LogP contribution in [0.2, 0.25) is 0 Å². The minimum atomic E-state index is 0.145. The summed E-state index contributed by atoms with van der Waals surface area (Å²) in [7, 11) is 1.70. The zero-order valence-corrected chi connectivity index (χ0v) is 10.1. The lowest BCUT2D eigenvalue weighted by Gasteiger charge is -2.25. The fraction of sp³-hybridized carbons (Fsp3) is 0.538. The fourth-order valence-electron chi connectivity index (χ4n) is 1.80. The van der Waals surface area contributed by atoms with Gasteiger partial charge in [0.1, 0.15) is 5.75 Å². The lowest BCUT2D eigenvalue weighted by Crippen LogP contribution is -2.21. The Bertz CT molecular complexity index is 331. The molecule has 0 bridgehead atoms. The van der Waals surface area contributed by atoms with Gasteiger partial charge < -0.3 is 10.5 Å². The Morgan fingerprint density at radius 3 is 2.47 bits per heavy atom. The number of nitrogens with two attached hydrogens (primary N) is 1. The molecule has 1 aromatic carbocycles. The van der Waals surface area contributed by atoms with Crippen LogP contribution in [0.15, 0.2) is 18.2 Å². The second-order valence-electron chi connectivity index (χ2n) is 4.61. The van der Waals surface area contributed by atoms with Crippen molar-refractivity contribution in [2.45, 2.75) is 32.6 Å². The van der Waals surface area contributed by atoms with Gasteiger partial charge in [-0.15, -0.1) is 0 Å². The van der Waals surface area contributed by atoms with Gasteiger partial charge in [0.2, 0.25) is 0 Å². The van der Waals surface area contributed by atoms with Crippen LogP contribution in [-0.2, 0) is 5.41 Å². The van der Waals surface area contributed by atoms with E-state index in [0.29, 0.717) is 0 Å². The largest absolute Gasteiger partial charge is 0.496 e. The van der Waals surface area contributed by atoms with Crippen LogP contribution in [0.1, 0.15) is 31.4 Å². The molecule has 1 rings (SSSR count). The summed E-state index contributed by atoms with van der Waals surface area (Å²) in [5.74, 6) is 0.947. The lowest BCUT2D eigenvalue weighted by atomic mass is 9.81. The molecule has 15 heavy (non-hydrogen) atoms. The van der Waals surface area contributed by atoms with Crippen LogP contribution in [0.3, 0.4) is 0 Å². The third-order valence-corrected chi connectivity index (χ3v) is 2.95. The summed E-state index contributed by atoms with van der Waals surface area (Å²) >= 11 is 0. The topological polar surface area (TPSA) is 35.2 Å². The first-order valence-corrected chi connectivity index (χ1v) is 5.36. The molecule has 0 unspecified atom stereocenters. The monoisotopic (exact) mass is 207 g/mol. The molecule has 0 aliphatic carbocycles. The smallest absolute Gasteiger partial charge is 0.121 e. The Labute approximate surface area is 92.4 Å². The number of ether oxygens (including phenoxy) is 1. The maximum Gasteiger partial charge on any atom is 0.121 e. The average molecular weight is 207 g/mol. The zero-order chi connectivity index (χ0) is 11.5. The van der Waals surface area contributed by atoms with E-state index in [4.69, 9.17) is 10.5 Å². The highest BCUT2D eigenvalue weighted by atomic mass is 16.5. The molecule has 0 saturated heterocycles. The predicted molar refractivity (Wildman–Crippen MR) is 64.4 cm³/mol. The van der Waals surface area contributed by atoms with Crippen molar-refractivity contribution < 1.29 is 4.74 Å². The molecule has 0 aromatic heterocycles. The molecule has 0 atom stereocenters. The van der Waals surface area contributed by atoms with E-state index < -0.39 is 0 Å². The number of hydrogen-bond donors (Lipinski definition) is 1. The van der Waals surface area contributed by atoms with Gasteiger partial charge in [0, 0.05) is 0 Å². The summed E-state index contributed by atoms with van der Waals surface area (Å²) in [5.41, 5.74) is 8.27. The number of aryl methyl sites for hydroxylation is 1. The highest BCUT2D eigenvalue weighted by Crippen LogP contribution is 2.29. The summed E-state index contributed by atoms with van der Waals surface area (Å²) < 4.78 is 5.25. The van der Waals surface area contributed by atoms with Crippen LogP contribution >= 0.6 is 0 Å². The van der Waals surface area contributed by atoms with Crippen molar-refractivity contribution in [3.8, 4) is 5.75 Å². The molecule has 84 valence electrons. The van der Waals surface area contributed by atoms with E-state index in [1.807, 2.05) is 6.07 Å². The minimum absolute atomic E-state index is 0.145. The van der Waals surface area contributed by atoms with Crippen LogP contribution < -0.4 is 10.5 Å². The summed E-state index contributed by atoms with van der Waals surface area (Å²) in [6.07, 6.45) is 0.999. The van der Waals surface area contributed by atoms with Gasteiger partial charge in [-0.1, -0.05) is 26.0 Å². The normalized spacial score (nSPS) is 11.5. The van der Waals surface area contributed by atoms with Crippen molar-refractivity contribution in [2.75, 3.05) is 13.7 Å². The summed E-state index contributed by atoms with van der Waals surface area (Å²) in [5, 5.41) is 0. The van der Waals surface area contributed by atoms with Gasteiger partial charge in [0.05, 0.1) is 7.11 Å². The van der Waals surface area contributed by atoms with E-state index in [2.05, 4.69) is 32.9 Å². The summed E-state index contributed by atoms with van der Waals surface area (Å²) in [6.45, 7) is 7.24. The maximum absolute atomic E-state index is 5.62. The minimum Gasteiger partial charge on any atom is -0.496 e. The van der Waals surface area contributed by atoms with Gasteiger partial charge in [-0.3, -0.25) is 0 Å². The Hall–Kier alpha value is -1.02. The third kappa shape index (κ3) is 2.72. The second-order valence-corrected chi connectivity index (χ2v) is 4.61. The molecular formula is C13H21NO. The molecule has 1 aromatic rings. The van der Waals surface area contributed by atoms with Gasteiger partial charge in [0.25, 0.3) is 0 Å². The van der Waals surface area contributed by atoms with Gasteiger partial charge in [0.15, 0.2) is 0 Å². The highest BCUT2D eigenvalue weighted by Gasteiger charge is 2.19. The summed E-state index contributed by atoms with van der Waals surface area (Å²) in [4.78, 5) is 0. The number of rotatable bonds is 4. The van der Waals surface area contributed by atoms with Crippen LogP contribution in [0.5, 0.6) is 5.75 Å². The van der Waals surface area contributed by atoms with E-state index >= 15 is 0 Å². The van der Waals surface area contributed by atoms with E-state index in [-0.39, 0.29) is 5.41 Å². The van der Waals surface area contributed by atoms with E-state index in [1.165, 1.54) is 11.1 Å².